The summed E-state index contributed by atoms with van der Waals surface area (Å²) in [6, 6.07) is 13.5. The minimum atomic E-state index is -4.73. The van der Waals surface area contributed by atoms with Crippen LogP contribution in [0.2, 0.25) is 0 Å². The van der Waals surface area contributed by atoms with E-state index in [1.807, 2.05) is 43.3 Å². The summed E-state index contributed by atoms with van der Waals surface area (Å²) in [5, 5.41) is 0. The van der Waals surface area contributed by atoms with Crippen molar-refractivity contribution >= 4 is 0 Å². The van der Waals surface area contributed by atoms with Gasteiger partial charge in [0, 0.05) is 36.8 Å². The molecule has 2 aliphatic rings. The summed E-state index contributed by atoms with van der Waals surface area (Å²) in [7, 11) is 0. The van der Waals surface area contributed by atoms with Gasteiger partial charge in [-0.05, 0) is 36.2 Å². The number of H-pyrrole nitrogens is 1. The van der Waals surface area contributed by atoms with E-state index in [0.29, 0.717) is 30.9 Å². The van der Waals surface area contributed by atoms with Crippen LogP contribution in [0.4, 0.5) is 17.6 Å². The van der Waals surface area contributed by atoms with Crippen LogP contribution in [0.15, 0.2) is 76.6 Å². The average molecular weight is 625 g/mol. The number of piperidine rings is 1. The van der Waals surface area contributed by atoms with Gasteiger partial charge < -0.3 is 19.9 Å². The number of nitrogens with zero attached hydrogens (tertiary/aromatic N) is 3. The zero-order valence-electron chi connectivity index (χ0n) is 24.7. The molecule has 0 radical (unpaired) electrons. The maximum absolute atomic E-state index is 15.1. The highest BCUT2D eigenvalue weighted by Gasteiger charge is 2.51. The molecule has 0 unspecified atom stereocenters. The quantitative estimate of drug-likeness (QED) is 0.227. The van der Waals surface area contributed by atoms with Crippen LogP contribution in [0.1, 0.15) is 58.0 Å². The number of alkyl halides is 3. The minimum absolute atomic E-state index is 0.0265. The van der Waals surface area contributed by atoms with Crippen molar-refractivity contribution in [2.75, 3.05) is 13.1 Å². The molecule has 6 rings (SSSR count). The molecule has 2 aliphatic heterocycles. The van der Waals surface area contributed by atoms with Gasteiger partial charge >= 0.3 is 11.9 Å². The standard InChI is InChI=1S/C33H33F4N5O3/c1-21-14-22(16-39-15-21)18-42(19-24-25(33(35,36)37)8-5-9-26(24)34)12-10-32(11-13-42)29-28(20-45-32)40-31(44)41(30(29)43)17-27(38)23-6-3-2-4-7-23/h2-9,14-16,27H,10-13,17-20,38H2,1H3/p+1/t27-,32?,42?/m0/s1. The number of nitrogens with one attached hydrogen (secondary N) is 1. The Labute approximate surface area is 256 Å². The number of benzene rings is 2. The van der Waals surface area contributed by atoms with Crippen molar-refractivity contribution in [3.05, 3.63) is 133 Å². The third-order valence-corrected chi connectivity index (χ3v) is 9.17. The van der Waals surface area contributed by atoms with Crippen molar-refractivity contribution in [3.63, 3.8) is 0 Å². The largest absolute Gasteiger partial charge is 0.417 e. The number of ether oxygens (including phenoxy) is 1. The Morgan fingerprint density at radius 1 is 1.07 bits per heavy atom. The number of pyridine rings is 1. The van der Waals surface area contributed by atoms with E-state index < -0.39 is 46.0 Å². The van der Waals surface area contributed by atoms with Crippen LogP contribution in [0, 0.1) is 12.7 Å². The molecule has 2 aromatic carbocycles. The topological polar surface area (TPSA) is 103 Å². The summed E-state index contributed by atoms with van der Waals surface area (Å²) in [6.45, 7) is 2.55. The van der Waals surface area contributed by atoms with Crippen molar-refractivity contribution < 1.29 is 26.8 Å². The summed E-state index contributed by atoms with van der Waals surface area (Å²) < 4.78 is 64.7. The van der Waals surface area contributed by atoms with Gasteiger partial charge in [0.25, 0.3) is 5.56 Å². The van der Waals surface area contributed by atoms with Gasteiger partial charge in [0.1, 0.15) is 24.5 Å². The fourth-order valence-corrected chi connectivity index (χ4v) is 6.89. The highest BCUT2D eigenvalue weighted by atomic mass is 19.4. The molecule has 0 bridgehead atoms. The van der Waals surface area contributed by atoms with Crippen LogP contribution in [0.5, 0.6) is 0 Å². The molecule has 0 saturated carbocycles. The fourth-order valence-electron chi connectivity index (χ4n) is 6.89. The van der Waals surface area contributed by atoms with Crippen molar-refractivity contribution in [3.8, 4) is 0 Å². The summed E-state index contributed by atoms with van der Waals surface area (Å²) in [5.74, 6) is -0.914. The number of aryl methyl sites for hydroxylation is 1. The molecule has 0 amide bonds. The molecule has 8 nitrogen and oxygen atoms in total. The van der Waals surface area contributed by atoms with Gasteiger partial charge in [-0.15, -0.1) is 0 Å². The first-order chi connectivity index (χ1) is 21.4. The SMILES string of the molecule is Cc1cncc(C[N+]2(Cc3c(F)cccc3C(F)(F)F)CCC3(CC2)OCc2[nH]c(=O)n(C[C@H](N)c4ccccc4)c(=O)c23)c1. The summed E-state index contributed by atoms with van der Waals surface area (Å²) in [6.07, 6.45) is -0.808. The first kappa shape index (κ1) is 30.9. The number of aromatic amines is 1. The number of quaternary nitrogens is 1. The number of halogens is 4. The van der Waals surface area contributed by atoms with E-state index in [2.05, 4.69) is 9.97 Å². The second kappa shape index (κ2) is 11.7. The maximum atomic E-state index is 15.1. The molecule has 1 fully saturated rings. The van der Waals surface area contributed by atoms with Gasteiger partial charge in [-0.25, -0.2) is 9.18 Å². The number of rotatable bonds is 7. The predicted molar refractivity (Wildman–Crippen MR) is 158 cm³/mol. The number of likely N-dealkylation sites (tertiary alicyclic amines) is 1. The van der Waals surface area contributed by atoms with E-state index in [4.69, 9.17) is 10.5 Å². The van der Waals surface area contributed by atoms with Gasteiger partial charge in [0.2, 0.25) is 0 Å². The van der Waals surface area contributed by atoms with Crippen LogP contribution in [-0.4, -0.2) is 32.1 Å². The number of aromatic nitrogens is 3. The first-order valence-corrected chi connectivity index (χ1v) is 14.8. The van der Waals surface area contributed by atoms with Gasteiger partial charge in [0.05, 0.1) is 48.6 Å². The van der Waals surface area contributed by atoms with Gasteiger partial charge in [-0.3, -0.25) is 14.3 Å². The molecule has 45 heavy (non-hydrogen) atoms. The van der Waals surface area contributed by atoms with E-state index in [1.54, 1.807) is 12.4 Å². The summed E-state index contributed by atoms with van der Waals surface area (Å²) in [4.78, 5) is 34.0. The Morgan fingerprint density at radius 3 is 2.49 bits per heavy atom. The summed E-state index contributed by atoms with van der Waals surface area (Å²) in [5.41, 5.74) is 6.06. The van der Waals surface area contributed by atoms with Crippen LogP contribution in [-0.2, 0) is 42.8 Å². The van der Waals surface area contributed by atoms with E-state index in [9.17, 15) is 22.8 Å². The second-order valence-corrected chi connectivity index (χ2v) is 12.2. The Morgan fingerprint density at radius 2 is 1.80 bits per heavy atom. The van der Waals surface area contributed by atoms with Crippen molar-refractivity contribution in [2.45, 2.75) is 63.8 Å². The molecule has 236 valence electrons. The molecule has 4 aromatic rings. The molecular weight excluding hydrogens is 590 g/mol. The number of hydrogen-bond donors (Lipinski definition) is 2. The van der Waals surface area contributed by atoms with E-state index in [0.717, 1.165) is 39.5 Å². The van der Waals surface area contributed by atoms with Crippen molar-refractivity contribution in [1.29, 1.82) is 0 Å². The molecule has 0 aliphatic carbocycles. The lowest BCUT2D eigenvalue weighted by atomic mass is 9.83. The van der Waals surface area contributed by atoms with E-state index in [1.165, 1.54) is 0 Å². The first-order valence-electron chi connectivity index (χ1n) is 14.8. The lowest BCUT2D eigenvalue weighted by molar-refractivity contribution is -0.960. The Hall–Kier alpha value is -4.13. The van der Waals surface area contributed by atoms with E-state index >= 15 is 4.39 Å². The van der Waals surface area contributed by atoms with Crippen molar-refractivity contribution in [1.82, 2.24) is 14.5 Å². The number of nitrogens with two attached hydrogens (primary N) is 1. The lowest BCUT2D eigenvalue weighted by Gasteiger charge is -2.47. The highest BCUT2D eigenvalue weighted by molar-refractivity contribution is 5.32. The van der Waals surface area contributed by atoms with Gasteiger partial charge in [0.15, 0.2) is 0 Å². The smallest absolute Gasteiger partial charge is 0.363 e. The maximum Gasteiger partial charge on any atom is 0.417 e. The zero-order chi connectivity index (χ0) is 32.0. The number of hydrogen-bond acceptors (Lipinski definition) is 5. The molecule has 1 spiro atoms. The molecule has 1 saturated heterocycles. The van der Waals surface area contributed by atoms with Crippen LogP contribution >= 0.6 is 0 Å². The Balaban J connectivity index is 1.35. The molecule has 3 N–H and O–H groups in total. The minimum Gasteiger partial charge on any atom is -0.363 e. The number of fused-ring (bicyclic) bond motifs is 2. The molecular formula is C33H34F4N5O3+. The van der Waals surface area contributed by atoms with Crippen LogP contribution in [0.25, 0.3) is 0 Å². The highest BCUT2D eigenvalue weighted by Crippen LogP contribution is 2.45. The fraction of sp³-hybridized carbons (Fsp3) is 0.364. The normalized spacial score (nSPS) is 22.0. The molecule has 2 aromatic heterocycles. The Kier molecular flexibility index (Phi) is 8.00. The lowest BCUT2D eigenvalue weighted by Crippen LogP contribution is -2.56. The average Bonchev–Trinajstić information content (AvgIpc) is 3.35. The van der Waals surface area contributed by atoms with Crippen LogP contribution < -0.4 is 17.0 Å². The summed E-state index contributed by atoms with van der Waals surface area (Å²) >= 11 is 0. The third-order valence-electron chi connectivity index (χ3n) is 9.17. The van der Waals surface area contributed by atoms with Gasteiger partial charge in [-0.1, -0.05) is 36.4 Å². The van der Waals surface area contributed by atoms with Crippen molar-refractivity contribution in [2.24, 2.45) is 5.73 Å². The monoisotopic (exact) mass is 624 g/mol. The molecule has 4 heterocycles. The third kappa shape index (κ3) is 5.97. The van der Waals surface area contributed by atoms with E-state index in [-0.39, 0.29) is 37.0 Å². The zero-order valence-corrected chi connectivity index (χ0v) is 24.7. The Bertz CT molecular complexity index is 1830. The predicted octanol–water partition coefficient (Wildman–Crippen LogP) is 4.83. The molecule has 1 atom stereocenters. The van der Waals surface area contributed by atoms with Crippen LogP contribution in [0.3, 0.4) is 0 Å². The van der Waals surface area contributed by atoms with Gasteiger partial charge in [-0.2, -0.15) is 13.2 Å². The molecule has 12 heteroatoms. The second-order valence-electron chi connectivity index (χ2n) is 12.2.